The van der Waals surface area contributed by atoms with E-state index < -0.39 is 11.6 Å². The van der Waals surface area contributed by atoms with Gasteiger partial charge in [-0.15, -0.1) is 16.4 Å². The highest BCUT2D eigenvalue weighted by atomic mass is 32.1. The van der Waals surface area contributed by atoms with Crippen molar-refractivity contribution in [2.45, 2.75) is 6.54 Å². The molecule has 0 aliphatic rings. The summed E-state index contributed by atoms with van der Waals surface area (Å²) >= 11 is 1.37. The number of hydrogen-bond donors (Lipinski definition) is 1. The van der Waals surface area contributed by atoms with E-state index in [1.807, 2.05) is 5.38 Å². The molecule has 11 heteroatoms. The zero-order valence-electron chi connectivity index (χ0n) is 18.1. The van der Waals surface area contributed by atoms with Crippen LogP contribution in [-0.4, -0.2) is 39.3 Å². The highest BCUT2D eigenvalue weighted by Crippen LogP contribution is 2.34. The van der Waals surface area contributed by atoms with E-state index in [1.165, 1.54) is 48.4 Å². The normalized spacial score (nSPS) is 11.1. The Kier molecular flexibility index (Phi) is 5.46. The van der Waals surface area contributed by atoms with Gasteiger partial charge in [0.2, 0.25) is 5.91 Å². The fraction of sp³-hybridized carbons (Fsp3) is 0.130. The van der Waals surface area contributed by atoms with E-state index in [9.17, 15) is 14.0 Å². The molecular weight excluding hydrogens is 461 g/mol. The summed E-state index contributed by atoms with van der Waals surface area (Å²) in [5.41, 5.74) is 2.63. The summed E-state index contributed by atoms with van der Waals surface area (Å²) in [5, 5.41) is 8.99. The number of carbonyl (C=O) groups excluding carboxylic acids is 1. The van der Waals surface area contributed by atoms with E-state index in [0.29, 0.717) is 33.1 Å². The number of ether oxygens (including phenoxy) is 2. The first-order chi connectivity index (χ1) is 16.5. The molecular formula is C23H18FN5O4S. The molecule has 172 valence electrons. The second kappa shape index (κ2) is 8.60. The lowest BCUT2D eigenvalue weighted by Crippen LogP contribution is -2.28. The maximum atomic E-state index is 13.3. The van der Waals surface area contributed by atoms with Crippen LogP contribution in [0.2, 0.25) is 0 Å². The van der Waals surface area contributed by atoms with Crippen molar-refractivity contribution in [3.8, 4) is 22.6 Å². The van der Waals surface area contributed by atoms with Gasteiger partial charge in [0.15, 0.2) is 5.65 Å². The van der Waals surface area contributed by atoms with E-state index in [-0.39, 0.29) is 12.4 Å². The molecule has 1 N–H and O–H groups in total. The van der Waals surface area contributed by atoms with Crippen molar-refractivity contribution in [3.63, 3.8) is 0 Å². The number of aromatic nitrogens is 4. The molecule has 0 fully saturated rings. The van der Waals surface area contributed by atoms with Crippen LogP contribution in [0.25, 0.3) is 27.0 Å². The SMILES string of the molecule is COc1cc(NC(=O)Cn2nc3c4scc(-c5ccc(F)cc5)c4ncn3c2=O)cc(OC)c1. The van der Waals surface area contributed by atoms with Crippen molar-refractivity contribution in [1.82, 2.24) is 19.2 Å². The Labute approximate surface area is 196 Å². The summed E-state index contributed by atoms with van der Waals surface area (Å²) in [6.45, 7) is -0.294. The number of nitrogens with one attached hydrogen (secondary N) is 1. The minimum Gasteiger partial charge on any atom is -0.497 e. The molecule has 0 aliphatic heterocycles. The van der Waals surface area contributed by atoms with Gasteiger partial charge in [0.25, 0.3) is 0 Å². The number of methoxy groups -OCH3 is 2. The maximum Gasteiger partial charge on any atom is 0.352 e. The molecule has 1 amide bonds. The third kappa shape index (κ3) is 3.86. The standard InChI is InChI=1S/C23H18FN5O4S/c1-32-16-7-15(8-17(9-16)33-2)26-19(30)10-29-23(31)28-12-25-20-18(11-34-21(20)22(28)27-29)13-3-5-14(24)6-4-13/h3-9,11-12H,10H2,1-2H3,(H,26,30). The Morgan fingerprint density at radius 3 is 2.50 bits per heavy atom. The minimum atomic E-state index is -0.487. The number of hydrogen-bond acceptors (Lipinski definition) is 7. The second-order valence-corrected chi connectivity index (χ2v) is 8.24. The topological polar surface area (TPSA) is 99.7 Å². The first-order valence-corrected chi connectivity index (χ1v) is 11.0. The highest BCUT2D eigenvalue weighted by molar-refractivity contribution is 7.18. The minimum absolute atomic E-state index is 0.294. The van der Waals surface area contributed by atoms with Crippen molar-refractivity contribution in [1.29, 1.82) is 0 Å². The molecule has 5 rings (SSSR count). The fourth-order valence-corrected chi connectivity index (χ4v) is 4.59. The fourth-order valence-electron chi connectivity index (χ4n) is 3.59. The van der Waals surface area contributed by atoms with Gasteiger partial charge in [-0.3, -0.25) is 4.79 Å². The second-order valence-electron chi connectivity index (χ2n) is 7.36. The zero-order valence-corrected chi connectivity index (χ0v) is 18.9. The van der Waals surface area contributed by atoms with E-state index in [4.69, 9.17) is 9.47 Å². The van der Waals surface area contributed by atoms with E-state index in [1.54, 1.807) is 30.3 Å². The van der Waals surface area contributed by atoms with Gasteiger partial charge in [-0.05, 0) is 17.7 Å². The smallest absolute Gasteiger partial charge is 0.352 e. The molecule has 34 heavy (non-hydrogen) atoms. The third-order valence-corrected chi connectivity index (χ3v) is 6.19. The molecule has 0 bridgehead atoms. The van der Waals surface area contributed by atoms with Crippen LogP contribution in [0, 0.1) is 5.82 Å². The first kappa shape index (κ1) is 21.6. The summed E-state index contributed by atoms with van der Waals surface area (Å²) in [6, 6.07) is 11.1. The molecule has 0 atom stereocenters. The number of benzene rings is 2. The Morgan fingerprint density at radius 1 is 1.12 bits per heavy atom. The van der Waals surface area contributed by atoms with Gasteiger partial charge < -0.3 is 14.8 Å². The number of halogens is 1. The first-order valence-electron chi connectivity index (χ1n) is 10.1. The van der Waals surface area contributed by atoms with Crippen molar-refractivity contribution in [2.75, 3.05) is 19.5 Å². The third-order valence-electron chi connectivity index (χ3n) is 5.22. The van der Waals surface area contributed by atoms with E-state index >= 15 is 0 Å². The van der Waals surface area contributed by atoms with Gasteiger partial charge in [0.05, 0.1) is 24.4 Å². The maximum absolute atomic E-state index is 13.3. The Hall–Kier alpha value is -4.25. The Morgan fingerprint density at radius 2 is 1.82 bits per heavy atom. The van der Waals surface area contributed by atoms with Gasteiger partial charge in [-0.25, -0.2) is 23.3 Å². The average molecular weight is 479 g/mol. The van der Waals surface area contributed by atoms with Gasteiger partial charge in [0, 0.05) is 34.8 Å². The van der Waals surface area contributed by atoms with Crippen LogP contribution >= 0.6 is 11.3 Å². The summed E-state index contributed by atoms with van der Waals surface area (Å²) < 4.78 is 26.8. The predicted molar refractivity (Wildman–Crippen MR) is 126 cm³/mol. The van der Waals surface area contributed by atoms with Crippen molar-refractivity contribution >= 4 is 38.8 Å². The predicted octanol–water partition coefficient (Wildman–Crippen LogP) is 3.57. The van der Waals surface area contributed by atoms with Crippen LogP contribution in [0.5, 0.6) is 11.5 Å². The quantitative estimate of drug-likeness (QED) is 0.400. The van der Waals surface area contributed by atoms with Crippen LogP contribution < -0.4 is 20.5 Å². The molecule has 3 aromatic heterocycles. The van der Waals surface area contributed by atoms with Crippen LogP contribution in [0.1, 0.15) is 0 Å². The van der Waals surface area contributed by atoms with Gasteiger partial charge >= 0.3 is 5.69 Å². The van der Waals surface area contributed by atoms with E-state index in [2.05, 4.69) is 15.4 Å². The molecule has 0 radical (unpaired) electrons. The van der Waals surface area contributed by atoms with Crippen LogP contribution in [0.4, 0.5) is 10.1 Å². The lowest BCUT2D eigenvalue weighted by Gasteiger charge is -2.09. The number of rotatable bonds is 6. The van der Waals surface area contributed by atoms with Gasteiger partial charge in [0.1, 0.15) is 30.2 Å². The average Bonchev–Trinajstić information content (AvgIpc) is 3.40. The Balaban J connectivity index is 1.46. The molecule has 0 saturated heterocycles. The zero-order chi connectivity index (χ0) is 23.8. The van der Waals surface area contributed by atoms with Crippen LogP contribution in [-0.2, 0) is 11.3 Å². The van der Waals surface area contributed by atoms with Gasteiger partial charge in [-0.2, -0.15) is 0 Å². The molecule has 9 nitrogen and oxygen atoms in total. The summed E-state index contributed by atoms with van der Waals surface area (Å²) in [4.78, 5) is 29.9. The monoisotopic (exact) mass is 479 g/mol. The van der Waals surface area contributed by atoms with Crippen molar-refractivity contribution < 1.29 is 18.7 Å². The van der Waals surface area contributed by atoms with E-state index in [0.717, 1.165) is 15.8 Å². The summed E-state index contributed by atoms with van der Waals surface area (Å²) in [5.74, 6) is 0.267. The molecule has 0 aliphatic carbocycles. The van der Waals surface area contributed by atoms with Gasteiger partial charge in [-0.1, -0.05) is 12.1 Å². The Bertz CT molecular complexity index is 1570. The molecule has 0 spiro atoms. The summed E-state index contributed by atoms with van der Waals surface area (Å²) in [7, 11) is 3.02. The largest absolute Gasteiger partial charge is 0.497 e. The number of anilines is 1. The number of nitrogens with zero attached hydrogens (tertiary/aromatic N) is 4. The molecule has 0 saturated carbocycles. The van der Waals surface area contributed by atoms with Crippen LogP contribution in [0.3, 0.4) is 0 Å². The number of fused-ring (bicyclic) bond motifs is 3. The molecule has 5 aromatic rings. The summed E-state index contributed by atoms with van der Waals surface area (Å²) in [6.07, 6.45) is 1.38. The lowest BCUT2D eigenvalue weighted by atomic mass is 10.1. The number of thiophene rings is 1. The molecule has 3 heterocycles. The van der Waals surface area contributed by atoms with Crippen molar-refractivity contribution in [2.24, 2.45) is 0 Å². The lowest BCUT2D eigenvalue weighted by molar-refractivity contribution is -0.117. The highest BCUT2D eigenvalue weighted by Gasteiger charge is 2.17. The molecule has 0 unspecified atom stereocenters. The van der Waals surface area contributed by atoms with Crippen molar-refractivity contribution in [3.05, 3.63) is 70.5 Å². The van der Waals surface area contributed by atoms with Crippen LogP contribution in [0.15, 0.2) is 59.0 Å². The number of amides is 1. The molecule has 2 aromatic carbocycles. The number of carbonyl (C=O) groups is 1.